The molecule has 1 nitrogen and oxygen atoms in total. The summed E-state index contributed by atoms with van der Waals surface area (Å²) >= 11 is 0. The van der Waals surface area contributed by atoms with Crippen LogP contribution >= 0.6 is 0 Å². The lowest BCUT2D eigenvalue weighted by Gasteiger charge is -2.10. The lowest BCUT2D eigenvalue weighted by atomic mass is 9.97. The summed E-state index contributed by atoms with van der Waals surface area (Å²) in [4.78, 5) is 0. The highest BCUT2D eigenvalue weighted by atomic mass is 19.2. The van der Waals surface area contributed by atoms with Gasteiger partial charge >= 0.3 is 0 Å². The van der Waals surface area contributed by atoms with E-state index in [-0.39, 0.29) is 24.2 Å². The van der Waals surface area contributed by atoms with Crippen LogP contribution < -0.4 is 4.74 Å². The van der Waals surface area contributed by atoms with Gasteiger partial charge in [-0.05, 0) is 77.9 Å². The molecule has 0 aromatic heterocycles. The SMILES string of the molecule is CCCCCOc1ccc(CCc2ccc3c(F)c(CCc4cc(F)c(F)c(F)c4)ccc3c2)c(F)c1. The molecule has 0 N–H and O–H groups in total. The van der Waals surface area contributed by atoms with Gasteiger partial charge in [0.05, 0.1) is 6.61 Å². The summed E-state index contributed by atoms with van der Waals surface area (Å²) in [5, 5.41) is 1.15. The quantitative estimate of drug-likeness (QED) is 0.111. The van der Waals surface area contributed by atoms with Gasteiger partial charge in [-0.2, -0.15) is 0 Å². The van der Waals surface area contributed by atoms with Crippen LogP contribution in [0.25, 0.3) is 10.8 Å². The molecule has 0 amide bonds. The Hall–Kier alpha value is -3.41. The Bertz CT molecular complexity index is 1360. The van der Waals surface area contributed by atoms with Crippen molar-refractivity contribution < 1.29 is 26.7 Å². The van der Waals surface area contributed by atoms with Crippen LogP contribution in [-0.2, 0) is 25.7 Å². The Balaban J connectivity index is 1.39. The van der Waals surface area contributed by atoms with E-state index in [1.54, 1.807) is 30.3 Å². The molecule has 0 aliphatic rings. The molecule has 0 radical (unpaired) electrons. The maximum Gasteiger partial charge on any atom is 0.194 e. The number of aryl methyl sites for hydroxylation is 4. The molecule has 194 valence electrons. The molecule has 0 atom stereocenters. The van der Waals surface area contributed by atoms with Gasteiger partial charge < -0.3 is 4.74 Å². The molecule has 0 saturated heterocycles. The molecule has 4 rings (SSSR count). The molecule has 0 aliphatic carbocycles. The number of ether oxygens (including phenoxy) is 1. The number of benzene rings is 4. The van der Waals surface area contributed by atoms with E-state index in [0.29, 0.717) is 47.1 Å². The van der Waals surface area contributed by atoms with Crippen LogP contribution in [0.5, 0.6) is 5.75 Å². The molecule has 4 aromatic rings. The summed E-state index contributed by atoms with van der Waals surface area (Å²) in [6, 6.07) is 15.7. The van der Waals surface area contributed by atoms with Crippen molar-refractivity contribution in [2.24, 2.45) is 0 Å². The fourth-order valence-electron chi connectivity index (χ4n) is 4.41. The third kappa shape index (κ3) is 6.68. The zero-order chi connectivity index (χ0) is 26.4. The van der Waals surface area contributed by atoms with E-state index in [1.807, 2.05) is 12.1 Å². The number of halogens is 5. The van der Waals surface area contributed by atoms with Crippen molar-refractivity contribution in [1.82, 2.24) is 0 Å². The third-order valence-corrected chi connectivity index (χ3v) is 6.55. The van der Waals surface area contributed by atoms with E-state index in [1.165, 1.54) is 6.07 Å². The monoisotopic (exact) mass is 512 g/mol. The van der Waals surface area contributed by atoms with Crippen molar-refractivity contribution in [3.05, 3.63) is 112 Å². The number of unbranched alkanes of at least 4 members (excludes halogenated alkanes) is 2. The summed E-state index contributed by atoms with van der Waals surface area (Å²) in [6.07, 6.45) is 4.59. The normalized spacial score (nSPS) is 11.3. The molecular formula is C31H29F5O. The van der Waals surface area contributed by atoms with Gasteiger partial charge in [0.15, 0.2) is 17.5 Å². The zero-order valence-corrected chi connectivity index (χ0v) is 20.7. The molecule has 0 spiro atoms. The molecular weight excluding hydrogens is 483 g/mol. The molecule has 37 heavy (non-hydrogen) atoms. The van der Waals surface area contributed by atoms with Crippen molar-refractivity contribution in [3.8, 4) is 5.75 Å². The van der Waals surface area contributed by atoms with Gasteiger partial charge in [-0.3, -0.25) is 0 Å². The maximum absolute atomic E-state index is 15.1. The first kappa shape index (κ1) is 26.6. The highest BCUT2D eigenvalue weighted by Crippen LogP contribution is 2.25. The standard InChI is InChI=1S/C31H29F5O/c1-2-3-4-15-37-25-13-12-22(27(32)19-25)8-5-20-7-14-26-24(16-20)11-10-23(30(26)35)9-6-21-17-28(33)31(36)29(34)18-21/h7,10-14,16-19H,2-6,8-9,15H2,1H3. The smallest absolute Gasteiger partial charge is 0.194 e. The topological polar surface area (TPSA) is 9.23 Å². The van der Waals surface area contributed by atoms with E-state index in [4.69, 9.17) is 4.74 Å². The molecule has 0 fully saturated rings. The highest BCUT2D eigenvalue weighted by Gasteiger charge is 2.13. The van der Waals surface area contributed by atoms with E-state index in [2.05, 4.69) is 6.92 Å². The van der Waals surface area contributed by atoms with Gasteiger partial charge in [-0.15, -0.1) is 0 Å². The average molecular weight is 513 g/mol. The summed E-state index contributed by atoms with van der Waals surface area (Å²) in [5.74, 6) is -4.19. The van der Waals surface area contributed by atoms with Gasteiger partial charge in [-0.1, -0.05) is 56.2 Å². The molecule has 0 bridgehead atoms. The van der Waals surface area contributed by atoms with E-state index >= 15 is 4.39 Å². The van der Waals surface area contributed by atoms with Crippen LogP contribution in [0.4, 0.5) is 22.0 Å². The summed E-state index contributed by atoms with van der Waals surface area (Å²) in [6.45, 7) is 2.69. The van der Waals surface area contributed by atoms with Gasteiger partial charge in [0, 0.05) is 11.5 Å². The average Bonchev–Trinajstić information content (AvgIpc) is 2.88. The van der Waals surface area contributed by atoms with Crippen LogP contribution in [-0.4, -0.2) is 6.61 Å². The van der Waals surface area contributed by atoms with Crippen molar-refractivity contribution in [1.29, 1.82) is 0 Å². The lowest BCUT2D eigenvalue weighted by Crippen LogP contribution is -2.00. The first-order valence-electron chi connectivity index (χ1n) is 12.6. The fourth-order valence-corrected chi connectivity index (χ4v) is 4.41. The minimum Gasteiger partial charge on any atom is -0.493 e. The number of fused-ring (bicyclic) bond motifs is 1. The van der Waals surface area contributed by atoms with E-state index in [0.717, 1.165) is 37.0 Å². The van der Waals surface area contributed by atoms with Gasteiger partial charge in [-0.25, -0.2) is 22.0 Å². The second-order valence-corrected chi connectivity index (χ2v) is 9.28. The molecule has 6 heteroatoms. The first-order chi connectivity index (χ1) is 17.9. The van der Waals surface area contributed by atoms with Crippen molar-refractivity contribution in [2.75, 3.05) is 6.61 Å². The fraction of sp³-hybridized carbons (Fsp3) is 0.290. The van der Waals surface area contributed by atoms with Crippen molar-refractivity contribution >= 4 is 10.8 Å². The Morgan fingerprint density at radius 3 is 2.03 bits per heavy atom. The van der Waals surface area contributed by atoms with Crippen LogP contribution in [0.2, 0.25) is 0 Å². The van der Waals surface area contributed by atoms with Crippen LogP contribution in [0.3, 0.4) is 0 Å². The van der Waals surface area contributed by atoms with Gasteiger partial charge in [0.2, 0.25) is 0 Å². The maximum atomic E-state index is 15.1. The third-order valence-electron chi connectivity index (χ3n) is 6.55. The number of hydrogen-bond donors (Lipinski definition) is 0. The van der Waals surface area contributed by atoms with Gasteiger partial charge in [0.25, 0.3) is 0 Å². The minimum absolute atomic E-state index is 0.169. The van der Waals surface area contributed by atoms with Crippen LogP contribution in [0.1, 0.15) is 48.4 Å². The minimum atomic E-state index is -1.51. The Labute approximate surface area is 213 Å². The predicted octanol–water partition coefficient (Wildman–Crippen LogP) is 8.67. The van der Waals surface area contributed by atoms with Crippen molar-refractivity contribution in [2.45, 2.75) is 51.9 Å². The summed E-state index contributed by atoms with van der Waals surface area (Å²) < 4.78 is 75.4. The largest absolute Gasteiger partial charge is 0.493 e. The number of hydrogen-bond acceptors (Lipinski definition) is 1. The van der Waals surface area contributed by atoms with E-state index in [9.17, 15) is 17.6 Å². The predicted molar refractivity (Wildman–Crippen MR) is 136 cm³/mol. The Morgan fingerprint density at radius 1 is 0.595 bits per heavy atom. The second-order valence-electron chi connectivity index (χ2n) is 9.28. The van der Waals surface area contributed by atoms with Crippen molar-refractivity contribution in [3.63, 3.8) is 0 Å². The molecule has 0 saturated carbocycles. The Kier molecular flexibility index (Phi) is 8.80. The summed E-state index contributed by atoms with van der Waals surface area (Å²) in [7, 11) is 0. The lowest BCUT2D eigenvalue weighted by molar-refractivity contribution is 0.304. The second kappa shape index (κ2) is 12.2. The van der Waals surface area contributed by atoms with Crippen LogP contribution in [0.15, 0.2) is 60.7 Å². The van der Waals surface area contributed by atoms with E-state index < -0.39 is 23.3 Å². The van der Waals surface area contributed by atoms with Crippen LogP contribution in [0, 0.1) is 29.1 Å². The molecule has 0 aliphatic heterocycles. The first-order valence-corrected chi connectivity index (χ1v) is 12.6. The number of rotatable bonds is 11. The summed E-state index contributed by atoms with van der Waals surface area (Å²) in [5.41, 5.74) is 2.21. The molecule has 4 aromatic carbocycles. The molecule has 0 unspecified atom stereocenters. The zero-order valence-electron chi connectivity index (χ0n) is 20.7. The van der Waals surface area contributed by atoms with Gasteiger partial charge in [0.1, 0.15) is 17.4 Å². The molecule has 0 heterocycles. The Morgan fingerprint density at radius 2 is 1.30 bits per heavy atom. The highest BCUT2D eigenvalue weighted by molar-refractivity contribution is 5.84.